The minimum absolute atomic E-state index is 0.0417. The van der Waals surface area contributed by atoms with Gasteiger partial charge in [-0.1, -0.05) is 23.7 Å². The summed E-state index contributed by atoms with van der Waals surface area (Å²) in [7, 11) is 0. The van der Waals surface area contributed by atoms with Crippen LogP contribution in [0.25, 0.3) is 0 Å². The van der Waals surface area contributed by atoms with Crippen molar-refractivity contribution in [2.45, 2.75) is 13.3 Å². The van der Waals surface area contributed by atoms with Crippen LogP contribution in [0.5, 0.6) is 5.75 Å². The maximum absolute atomic E-state index is 13.9. The Bertz CT molecular complexity index is 843. The average molecular weight is 377 g/mol. The third-order valence-electron chi connectivity index (χ3n) is 4.14. The van der Waals surface area contributed by atoms with Gasteiger partial charge in [0.15, 0.2) is 0 Å². The first kappa shape index (κ1) is 18.2. The number of nitrogens with one attached hydrogen (secondary N) is 1. The number of benzene rings is 2. The Morgan fingerprint density at radius 1 is 1.35 bits per heavy atom. The van der Waals surface area contributed by atoms with Crippen molar-refractivity contribution in [3.63, 3.8) is 0 Å². The van der Waals surface area contributed by atoms with Gasteiger partial charge in [-0.15, -0.1) is 0 Å². The summed E-state index contributed by atoms with van der Waals surface area (Å²) in [6.45, 7) is 2.54. The van der Waals surface area contributed by atoms with Gasteiger partial charge in [-0.2, -0.15) is 0 Å². The molecule has 3 rings (SSSR count). The molecule has 1 aliphatic heterocycles. The fraction of sp³-hybridized carbons (Fsp3) is 0.263. The van der Waals surface area contributed by atoms with Crippen LogP contribution in [-0.2, 0) is 9.59 Å². The molecule has 2 aromatic carbocycles. The SMILES string of the molecule is CCOc1ccccc1N1C[C@@H](C(=O)Nc2ccc(Cl)cc2F)CC1=O. The van der Waals surface area contributed by atoms with E-state index in [1.165, 1.54) is 17.0 Å². The summed E-state index contributed by atoms with van der Waals surface area (Å²) in [4.78, 5) is 26.4. The Balaban J connectivity index is 1.74. The Hall–Kier alpha value is -2.60. The van der Waals surface area contributed by atoms with E-state index >= 15 is 0 Å². The van der Waals surface area contributed by atoms with Gasteiger partial charge in [-0.3, -0.25) is 9.59 Å². The van der Waals surface area contributed by atoms with Gasteiger partial charge in [0.05, 0.1) is 23.9 Å². The number of hydrogen-bond acceptors (Lipinski definition) is 3. The van der Waals surface area contributed by atoms with Crippen LogP contribution < -0.4 is 15.0 Å². The molecular weight excluding hydrogens is 359 g/mol. The first-order valence-electron chi connectivity index (χ1n) is 8.27. The molecule has 0 aliphatic carbocycles. The lowest BCUT2D eigenvalue weighted by molar-refractivity contribution is -0.122. The lowest BCUT2D eigenvalue weighted by Crippen LogP contribution is -2.28. The number of nitrogens with zero attached hydrogens (tertiary/aromatic N) is 1. The van der Waals surface area contributed by atoms with Crippen molar-refractivity contribution < 1.29 is 18.7 Å². The molecule has 1 aliphatic rings. The highest BCUT2D eigenvalue weighted by Gasteiger charge is 2.36. The highest BCUT2D eigenvalue weighted by Crippen LogP contribution is 2.33. The summed E-state index contributed by atoms with van der Waals surface area (Å²) in [5.74, 6) is -1.18. The van der Waals surface area contributed by atoms with E-state index in [0.717, 1.165) is 6.07 Å². The van der Waals surface area contributed by atoms with Gasteiger partial charge in [0.1, 0.15) is 11.6 Å². The molecule has 0 radical (unpaired) electrons. The molecule has 136 valence electrons. The maximum Gasteiger partial charge on any atom is 0.229 e. The van der Waals surface area contributed by atoms with Gasteiger partial charge in [-0.25, -0.2) is 4.39 Å². The topological polar surface area (TPSA) is 58.6 Å². The smallest absolute Gasteiger partial charge is 0.229 e. The number of carbonyl (C=O) groups excluding carboxylic acids is 2. The Morgan fingerprint density at radius 2 is 2.12 bits per heavy atom. The van der Waals surface area contributed by atoms with Crippen LogP contribution in [-0.4, -0.2) is 25.0 Å². The number of hydrogen-bond donors (Lipinski definition) is 1. The Morgan fingerprint density at radius 3 is 2.85 bits per heavy atom. The van der Waals surface area contributed by atoms with Crippen LogP contribution in [0.3, 0.4) is 0 Å². The third kappa shape index (κ3) is 3.80. The highest BCUT2D eigenvalue weighted by molar-refractivity contribution is 6.30. The quantitative estimate of drug-likeness (QED) is 0.861. The van der Waals surface area contributed by atoms with Gasteiger partial charge in [0.2, 0.25) is 11.8 Å². The molecule has 1 heterocycles. The maximum atomic E-state index is 13.9. The van der Waals surface area contributed by atoms with E-state index in [4.69, 9.17) is 16.3 Å². The third-order valence-corrected chi connectivity index (χ3v) is 4.38. The van der Waals surface area contributed by atoms with Crippen molar-refractivity contribution in [2.75, 3.05) is 23.4 Å². The second kappa shape index (κ2) is 7.74. The van der Waals surface area contributed by atoms with Crippen molar-refractivity contribution >= 4 is 34.8 Å². The number of amides is 2. The predicted molar refractivity (Wildman–Crippen MR) is 98.1 cm³/mol. The summed E-state index contributed by atoms with van der Waals surface area (Å²) in [5.41, 5.74) is 0.673. The number of carbonyl (C=O) groups is 2. The molecule has 0 bridgehead atoms. The minimum Gasteiger partial charge on any atom is -0.492 e. The number of para-hydroxylation sites is 2. The normalized spacial score (nSPS) is 16.7. The predicted octanol–water partition coefficient (Wildman–Crippen LogP) is 3.87. The molecule has 1 N–H and O–H groups in total. The molecule has 1 atom stereocenters. The standard InChI is InChI=1S/C19H18ClFN2O3/c1-2-26-17-6-4-3-5-16(17)23-11-12(9-18(23)24)19(25)22-15-8-7-13(20)10-14(15)21/h3-8,10,12H,2,9,11H2,1H3,(H,22,25)/t12-/m0/s1. The zero-order valence-corrected chi connectivity index (χ0v) is 14.9. The van der Waals surface area contributed by atoms with E-state index in [1.54, 1.807) is 12.1 Å². The van der Waals surface area contributed by atoms with Crippen molar-refractivity contribution in [3.05, 3.63) is 53.3 Å². The van der Waals surface area contributed by atoms with Gasteiger partial charge >= 0.3 is 0 Å². The van der Waals surface area contributed by atoms with Gasteiger partial charge in [-0.05, 0) is 37.3 Å². The summed E-state index contributed by atoms with van der Waals surface area (Å²) in [6.07, 6.45) is 0.0570. The molecule has 1 fully saturated rings. The fourth-order valence-electron chi connectivity index (χ4n) is 2.90. The average Bonchev–Trinajstić information content (AvgIpc) is 3.00. The molecule has 5 nitrogen and oxygen atoms in total. The van der Waals surface area contributed by atoms with Crippen LogP contribution in [0, 0.1) is 11.7 Å². The molecule has 2 amide bonds. The second-order valence-electron chi connectivity index (χ2n) is 5.92. The molecule has 0 aromatic heterocycles. The fourth-order valence-corrected chi connectivity index (χ4v) is 3.06. The molecule has 0 spiro atoms. The summed E-state index contributed by atoms with van der Waals surface area (Å²) in [5, 5.41) is 2.77. The van der Waals surface area contributed by atoms with Crippen LogP contribution in [0.2, 0.25) is 5.02 Å². The zero-order chi connectivity index (χ0) is 18.7. The summed E-state index contributed by atoms with van der Waals surface area (Å²) < 4.78 is 19.4. The first-order chi connectivity index (χ1) is 12.5. The zero-order valence-electron chi connectivity index (χ0n) is 14.2. The van der Waals surface area contributed by atoms with Crippen LogP contribution in [0.15, 0.2) is 42.5 Å². The van der Waals surface area contributed by atoms with Crippen molar-refractivity contribution in [1.82, 2.24) is 0 Å². The van der Waals surface area contributed by atoms with E-state index < -0.39 is 17.6 Å². The van der Waals surface area contributed by atoms with E-state index in [1.807, 2.05) is 19.1 Å². The summed E-state index contributed by atoms with van der Waals surface area (Å²) >= 11 is 5.71. The van der Waals surface area contributed by atoms with E-state index in [-0.39, 0.29) is 29.6 Å². The molecule has 26 heavy (non-hydrogen) atoms. The molecule has 2 aromatic rings. The van der Waals surface area contributed by atoms with Crippen LogP contribution in [0.4, 0.5) is 15.8 Å². The molecular formula is C19H18ClFN2O3. The monoisotopic (exact) mass is 376 g/mol. The lowest BCUT2D eigenvalue weighted by atomic mass is 10.1. The Kier molecular flexibility index (Phi) is 5.42. The van der Waals surface area contributed by atoms with Gasteiger partial charge in [0.25, 0.3) is 0 Å². The second-order valence-corrected chi connectivity index (χ2v) is 6.36. The lowest BCUT2D eigenvalue weighted by Gasteiger charge is -2.20. The number of ether oxygens (including phenoxy) is 1. The molecule has 0 unspecified atom stereocenters. The molecule has 7 heteroatoms. The van der Waals surface area contributed by atoms with E-state index in [2.05, 4.69) is 5.32 Å². The van der Waals surface area contributed by atoms with E-state index in [0.29, 0.717) is 18.0 Å². The van der Waals surface area contributed by atoms with Crippen molar-refractivity contribution in [3.8, 4) is 5.75 Å². The molecule has 1 saturated heterocycles. The summed E-state index contributed by atoms with van der Waals surface area (Å²) in [6, 6.07) is 11.2. The number of rotatable bonds is 5. The Labute approximate surface area is 155 Å². The van der Waals surface area contributed by atoms with Crippen molar-refractivity contribution in [1.29, 1.82) is 0 Å². The highest BCUT2D eigenvalue weighted by atomic mass is 35.5. The van der Waals surface area contributed by atoms with E-state index in [9.17, 15) is 14.0 Å². The largest absolute Gasteiger partial charge is 0.492 e. The van der Waals surface area contributed by atoms with Gasteiger partial charge < -0.3 is 15.0 Å². The minimum atomic E-state index is -0.617. The van der Waals surface area contributed by atoms with Crippen LogP contribution >= 0.6 is 11.6 Å². The van der Waals surface area contributed by atoms with Gasteiger partial charge in [0, 0.05) is 18.0 Å². The number of halogens is 2. The molecule has 0 saturated carbocycles. The van der Waals surface area contributed by atoms with Crippen molar-refractivity contribution in [2.24, 2.45) is 5.92 Å². The van der Waals surface area contributed by atoms with Crippen LogP contribution in [0.1, 0.15) is 13.3 Å². The first-order valence-corrected chi connectivity index (χ1v) is 8.65. The number of anilines is 2.